The Morgan fingerprint density at radius 1 is 1.21 bits per heavy atom. The number of anilines is 1. The van der Waals surface area contributed by atoms with E-state index in [-0.39, 0.29) is 11.3 Å². The molecule has 1 saturated heterocycles. The van der Waals surface area contributed by atoms with E-state index in [1.165, 1.54) is 24.3 Å². The van der Waals surface area contributed by atoms with Crippen LogP contribution in [0.4, 0.5) is 11.4 Å². The number of nitrogens with one attached hydrogen (secondary N) is 1. The van der Waals surface area contributed by atoms with Gasteiger partial charge in [0.2, 0.25) is 0 Å². The van der Waals surface area contributed by atoms with E-state index in [2.05, 4.69) is 5.43 Å². The molecule has 1 amide bonds. The molecule has 2 aromatic rings. The van der Waals surface area contributed by atoms with Crippen LogP contribution in [-0.2, 0) is 4.79 Å². The van der Waals surface area contributed by atoms with Crippen LogP contribution in [0.2, 0.25) is 0 Å². The van der Waals surface area contributed by atoms with Crippen LogP contribution >= 0.6 is 0 Å². The Morgan fingerprint density at radius 2 is 1.88 bits per heavy atom. The third kappa shape index (κ3) is 2.62. The molecule has 0 radical (unpaired) electrons. The van der Waals surface area contributed by atoms with Crippen LogP contribution in [0.15, 0.2) is 48.5 Å². The van der Waals surface area contributed by atoms with Gasteiger partial charge in [-0.05, 0) is 24.6 Å². The van der Waals surface area contributed by atoms with Gasteiger partial charge in [0.25, 0.3) is 11.5 Å². The molecule has 1 aliphatic rings. The Balaban J connectivity index is 1.98. The molecule has 1 atom stereocenters. The number of benzene rings is 2. The summed E-state index contributed by atoms with van der Waals surface area (Å²) < 4.78 is 0. The van der Waals surface area contributed by atoms with Gasteiger partial charge < -0.3 is 10.2 Å². The van der Waals surface area contributed by atoms with Crippen molar-refractivity contribution in [3.63, 3.8) is 0 Å². The maximum absolute atomic E-state index is 12.3. The predicted octanol–water partition coefficient (Wildman–Crippen LogP) is 1.18. The highest BCUT2D eigenvalue weighted by Crippen LogP contribution is 2.35. The summed E-state index contributed by atoms with van der Waals surface area (Å²) in [6.07, 6.45) is 0. The second-order valence-corrected chi connectivity index (χ2v) is 5.62. The maximum atomic E-state index is 12.3. The topological polar surface area (TPSA) is 116 Å². The molecule has 0 aliphatic carbocycles. The minimum absolute atomic E-state index is 0.202. The maximum Gasteiger partial charge on any atom is 0.303 e. The van der Waals surface area contributed by atoms with Crippen molar-refractivity contribution in [3.8, 4) is 0 Å². The van der Waals surface area contributed by atoms with Gasteiger partial charge in [0.1, 0.15) is 6.04 Å². The van der Waals surface area contributed by atoms with E-state index in [0.29, 0.717) is 5.69 Å². The number of nitro groups is 1. The number of hydrogen-bond donors (Lipinski definition) is 3. The summed E-state index contributed by atoms with van der Waals surface area (Å²) in [7, 11) is 0. The van der Waals surface area contributed by atoms with Crippen LogP contribution in [0.25, 0.3) is 0 Å². The summed E-state index contributed by atoms with van der Waals surface area (Å²) in [5.41, 5.74) is 4.15. The molecule has 124 valence electrons. The fourth-order valence-corrected chi connectivity index (χ4v) is 2.58. The van der Waals surface area contributed by atoms with Crippen molar-refractivity contribution in [2.75, 3.05) is 5.01 Å². The van der Waals surface area contributed by atoms with E-state index in [1.54, 1.807) is 24.3 Å². The fourth-order valence-electron chi connectivity index (χ4n) is 2.58. The number of amides is 1. The molecular formula is C16H15N3O5. The lowest BCUT2D eigenvalue weighted by atomic mass is 9.99. The number of rotatable bonds is 3. The van der Waals surface area contributed by atoms with Gasteiger partial charge in [-0.15, -0.1) is 0 Å². The summed E-state index contributed by atoms with van der Waals surface area (Å²) >= 11 is 0. The number of nitrogens with zero attached hydrogens (tertiary/aromatic N) is 2. The smallest absolute Gasteiger partial charge is 0.303 e. The lowest BCUT2D eigenvalue weighted by Crippen LogP contribution is -2.42. The Labute approximate surface area is 137 Å². The zero-order valence-electron chi connectivity index (χ0n) is 12.7. The Bertz CT molecular complexity index is 804. The molecule has 3 rings (SSSR count). The van der Waals surface area contributed by atoms with Crippen molar-refractivity contribution in [1.82, 2.24) is 5.43 Å². The van der Waals surface area contributed by atoms with E-state index in [1.807, 2.05) is 6.92 Å². The quantitative estimate of drug-likeness (QED) is 0.442. The monoisotopic (exact) mass is 329 g/mol. The van der Waals surface area contributed by atoms with Crippen LogP contribution in [-0.4, -0.2) is 26.8 Å². The number of carbonyl (C=O) groups excluding carboxylic acids is 1. The minimum atomic E-state index is -2.72. The third-order valence-corrected chi connectivity index (χ3v) is 3.89. The SMILES string of the molecule is Cc1ccc(N2NC(c3cccc([N+](=O)[O-])c3)C(O)(O)C2=O)cc1. The average Bonchev–Trinajstić information content (AvgIpc) is 2.79. The van der Waals surface area contributed by atoms with Crippen LogP contribution in [0.3, 0.4) is 0 Å². The second-order valence-electron chi connectivity index (χ2n) is 5.62. The highest BCUT2D eigenvalue weighted by atomic mass is 16.6. The molecule has 8 nitrogen and oxygen atoms in total. The van der Waals surface area contributed by atoms with Crippen molar-refractivity contribution in [1.29, 1.82) is 0 Å². The number of hydrazine groups is 1. The standard InChI is InChI=1S/C16H15N3O5/c1-10-5-7-12(8-6-10)18-15(20)16(21,22)14(17-18)11-3-2-4-13(9-11)19(23)24/h2-9,14,17,21-22H,1H3. The van der Waals surface area contributed by atoms with Crippen molar-refractivity contribution >= 4 is 17.3 Å². The van der Waals surface area contributed by atoms with Crippen molar-refractivity contribution in [2.24, 2.45) is 0 Å². The van der Waals surface area contributed by atoms with E-state index in [4.69, 9.17) is 0 Å². The summed E-state index contributed by atoms with van der Waals surface area (Å²) in [6.45, 7) is 1.89. The number of non-ortho nitro benzene ring substituents is 1. The Morgan fingerprint density at radius 3 is 2.50 bits per heavy atom. The van der Waals surface area contributed by atoms with E-state index in [0.717, 1.165) is 10.6 Å². The molecule has 1 unspecified atom stereocenters. The van der Waals surface area contributed by atoms with E-state index < -0.39 is 22.7 Å². The molecule has 8 heteroatoms. The number of carbonyl (C=O) groups is 1. The molecule has 3 N–H and O–H groups in total. The Kier molecular flexibility index (Phi) is 3.80. The summed E-state index contributed by atoms with van der Waals surface area (Å²) in [5.74, 6) is -3.68. The molecule has 1 heterocycles. The molecule has 0 aromatic heterocycles. The Hall–Kier alpha value is -2.81. The van der Waals surface area contributed by atoms with Crippen molar-refractivity contribution in [2.45, 2.75) is 18.8 Å². The van der Waals surface area contributed by atoms with Gasteiger partial charge in [-0.2, -0.15) is 0 Å². The normalized spacial score (nSPS) is 19.5. The molecule has 0 saturated carbocycles. The zero-order chi connectivity index (χ0) is 17.5. The first kappa shape index (κ1) is 16.1. The largest absolute Gasteiger partial charge is 0.357 e. The lowest BCUT2D eigenvalue weighted by molar-refractivity contribution is -0.385. The second kappa shape index (κ2) is 5.68. The van der Waals surface area contributed by atoms with Crippen LogP contribution in [0.5, 0.6) is 0 Å². The van der Waals surface area contributed by atoms with Gasteiger partial charge in [-0.25, -0.2) is 10.4 Å². The summed E-state index contributed by atoms with van der Waals surface area (Å²) in [5, 5.41) is 32.4. The lowest BCUT2D eigenvalue weighted by Gasteiger charge is -2.19. The highest BCUT2D eigenvalue weighted by Gasteiger charge is 2.53. The highest BCUT2D eigenvalue weighted by molar-refractivity contribution is 6.00. The molecule has 0 bridgehead atoms. The van der Waals surface area contributed by atoms with Crippen molar-refractivity contribution < 1.29 is 19.9 Å². The number of aryl methyl sites for hydroxylation is 1. The van der Waals surface area contributed by atoms with Gasteiger partial charge >= 0.3 is 5.91 Å². The van der Waals surface area contributed by atoms with Gasteiger partial charge in [-0.3, -0.25) is 14.9 Å². The first-order chi connectivity index (χ1) is 11.3. The van der Waals surface area contributed by atoms with Gasteiger partial charge in [0.15, 0.2) is 0 Å². The van der Waals surface area contributed by atoms with Gasteiger partial charge in [-0.1, -0.05) is 29.8 Å². The molecule has 2 aromatic carbocycles. The molecule has 24 heavy (non-hydrogen) atoms. The molecule has 0 spiro atoms. The van der Waals surface area contributed by atoms with Crippen LogP contribution in [0, 0.1) is 17.0 Å². The van der Waals surface area contributed by atoms with Gasteiger partial charge in [0.05, 0.1) is 10.6 Å². The molecule has 1 fully saturated rings. The third-order valence-electron chi connectivity index (χ3n) is 3.89. The molecule has 1 aliphatic heterocycles. The predicted molar refractivity (Wildman–Crippen MR) is 84.8 cm³/mol. The van der Waals surface area contributed by atoms with Gasteiger partial charge in [0, 0.05) is 12.1 Å². The summed E-state index contributed by atoms with van der Waals surface area (Å²) in [6, 6.07) is 11.0. The zero-order valence-corrected chi connectivity index (χ0v) is 12.7. The fraction of sp³-hybridized carbons (Fsp3) is 0.188. The number of nitro benzene ring substituents is 1. The first-order valence-electron chi connectivity index (χ1n) is 7.17. The van der Waals surface area contributed by atoms with Crippen molar-refractivity contribution in [3.05, 3.63) is 69.8 Å². The number of hydrogen-bond acceptors (Lipinski definition) is 6. The summed E-state index contributed by atoms with van der Waals surface area (Å²) in [4.78, 5) is 22.6. The number of aliphatic hydroxyl groups is 2. The first-order valence-corrected chi connectivity index (χ1v) is 7.17. The van der Waals surface area contributed by atoms with Crippen LogP contribution in [0.1, 0.15) is 17.2 Å². The van der Waals surface area contributed by atoms with E-state index >= 15 is 0 Å². The van der Waals surface area contributed by atoms with Crippen LogP contribution < -0.4 is 10.4 Å². The average molecular weight is 329 g/mol. The molecular weight excluding hydrogens is 314 g/mol. The van der Waals surface area contributed by atoms with E-state index in [9.17, 15) is 25.1 Å². The minimum Gasteiger partial charge on any atom is -0.357 e.